The van der Waals surface area contributed by atoms with E-state index in [1.807, 2.05) is 34.0 Å². The summed E-state index contributed by atoms with van der Waals surface area (Å²) in [6, 6.07) is 72.0. The van der Waals surface area contributed by atoms with Gasteiger partial charge >= 0.3 is 0 Å². The van der Waals surface area contributed by atoms with Gasteiger partial charge in [0.15, 0.2) is 0 Å². The Hall–Kier alpha value is -7.74. The SMILES string of the molecule is c1ccc2c(c1)-c1ccc([nH]1)-c1ccccc1-c1cc3c4cc([nH]c4c4ccccc4c3s1)-c1ccccc1-c1cc3c4cc([nH]c4c4ccccc4c3s1)-c1ccccc1-c1ccc-2s1. The minimum atomic E-state index is 1.10. The number of hydrogen-bond acceptors (Lipinski definition) is 3. The van der Waals surface area contributed by atoms with Crippen LogP contribution in [-0.2, 0) is 0 Å². The Labute approximate surface area is 390 Å². The number of fused-ring (bicyclic) bond motifs is 26. The van der Waals surface area contributed by atoms with Crippen molar-refractivity contribution in [3.63, 3.8) is 0 Å². The quantitative estimate of drug-likeness (QED) is 0.136. The summed E-state index contributed by atoms with van der Waals surface area (Å²) < 4.78 is 2.62. The van der Waals surface area contributed by atoms with Crippen LogP contribution >= 0.6 is 34.0 Å². The first-order valence-corrected chi connectivity index (χ1v) is 24.8. The molecule has 0 fully saturated rings. The lowest BCUT2D eigenvalue weighted by Gasteiger charge is -2.09. The lowest BCUT2D eigenvalue weighted by molar-refractivity contribution is 1.39. The van der Waals surface area contributed by atoms with Gasteiger partial charge in [0.1, 0.15) is 0 Å². The zero-order valence-corrected chi connectivity index (χ0v) is 37.6. The largest absolute Gasteiger partial charge is 0.355 e. The molecule has 0 atom stereocenters. The number of rotatable bonds is 0. The molecular formula is C60H35N3S3. The number of aromatic nitrogens is 3. The number of H-pyrrole nitrogens is 3. The van der Waals surface area contributed by atoms with Gasteiger partial charge in [-0.3, -0.25) is 0 Å². The van der Waals surface area contributed by atoms with Gasteiger partial charge < -0.3 is 15.0 Å². The molecule has 12 bridgehead atoms. The van der Waals surface area contributed by atoms with Crippen LogP contribution in [0, 0.1) is 0 Å². The van der Waals surface area contributed by atoms with Gasteiger partial charge in [0.05, 0.1) is 11.0 Å². The van der Waals surface area contributed by atoms with E-state index in [0.29, 0.717) is 0 Å². The van der Waals surface area contributed by atoms with E-state index >= 15 is 0 Å². The molecule has 3 N–H and O–H groups in total. The van der Waals surface area contributed by atoms with E-state index in [-0.39, 0.29) is 0 Å². The van der Waals surface area contributed by atoms with Gasteiger partial charge in [-0.1, -0.05) is 146 Å². The molecule has 0 unspecified atom stereocenters. The van der Waals surface area contributed by atoms with Gasteiger partial charge in [-0.25, -0.2) is 0 Å². The first kappa shape index (κ1) is 36.6. The van der Waals surface area contributed by atoms with Crippen LogP contribution in [0.4, 0.5) is 0 Å². The third kappa shape index (κ3) is 5.29. The maximum Gasteiger partial charge on any atom is 0.0545 e. The summed E-state index contributed by atoms with van der Waals surface area (Å²) in [5.74, 6) is 0. The average molecular weight is 894 g/mol. The maximum atomic E-state index is 4.00. The van der Waals surface area contributed by atoms with E-state index in [0.717, 1.165) is 22.8 Å². The predicted octanol–water partition coefficient (Wildman–Crippen LogP) is 18.4. The molecule has 0 spiro atoms. The Morgan fingerprint density at radius 1 is 0.227 bits per heavy atom. The van der Waals surface area contributed by atoms with E-state index in [2.05, 4.69) is 209 Å². The Balaban J connectivity index is 1.03. The Kier molecular flexibility index (Phi) is 7.69. The zero-order chi connectivity index (χ0) is 43.0. The number of aromatic amines is 3. The van der Waals surface area contributed by atoms with E-state index in [1.54, 1.807) is 0 Å². The van der Waals surface area contributed by atoms with Crippen molar-refractivity contribution >= 4 is 97.5 Å². The van der Waals surface area contributed by atoms with Crippen LogP contribution < -0.4 is 0 Å². The molecule has 0 aliphatic carbocycles. The lowest BCUT2D eigenvalue weighted by Crippen LogP contribution is -1.85. The molecule has 308 valence electrons. The molecule has 6 heteroatoms. The van der Waals surface area contributed by atoms with Gasteiger partial charge in [0, 0.05) is 139 Å². The normalized spacial score (nSPS) is 12.2. The van der Waals surface area contributed by atoms with Crippen molar-refractivity contribution in [1.29, 1.82) is 0 Å². The summed E-state index contributed by atoms with van der Waals surface area (Å²) in [7, 11) is 0. The fraction of sp³-hybridized carbons (Fsp3) is 0. The molecular weight excluding hydrogens is 859 g/mol. The highest BCUT2D eigenvalue weighted by Crippen LogP contribution is 2.50. The van der Waals surface area contributed by atoms with Crippen molar-refractivity contribution in [2.75, 3.05) is 0 Å². The van der Waals surface area contributed by atoms with Crippen molar-refractivity contribution < 1.29 is 0 Å². The minimum absolute atomic E-state index is 1.10. The van der Waals surface area contributed by atoms with Crippen molar-refractivity contribution in [1.82, 2.24) is 15.0 Å². The third-order valence-electron chi connectivity index (χ3n) is 13.8. The van der Waals surface area contributed by atoms with Gasteiger partial charge in [0.25, 0.3) is 0 Å². The molecule has 14 aromatic rings. The van der Waals surface area contributed by atoms with Gasteiger partial charge in [-0.2, -0.15) is 0 Å². The highest BCUT2D eigenvalue weighted by molar-refractivity contribution is 7.24. The van der Waals surface area contributed by atoms with E-state index in [9.17, 15) is 0 Å². The second-order valence-corrected chi connectivity index (χ2v) is 20.6. The standard InChI is InChI=1S/C60H35N3S3/c1-5-17-37-33(13-1)49-25-26-50(61-49)34-14-2-7-19-39(34)55-31-47-46-30-52(63-58(46)42-22-10-11-23-43(42)59(47)65-55)36-16-4-8-20-40(36)56-32-48-45-29-51(35-15-3-6-18-38(35)54-28-27-53(37)64-54)62-57(45)41-21-9-12-24-44(41)60(48)66-56/h1-32,61-63H. The molecule has 3 nitrogen and oxygen atoms in total. The van der Waals surface area contributed by atoms with E-state index in [1.165, 1.54) is 128 Å². The summed E-state index contributed by atoms with van der Waals surface area (Å²) in [4.78, 5) is 16.8. The minimum Gasteiger partial charge on any atom is -0.355 e. The van der Waals surface area contributed by atoms with Crippen LogP contribution in [-0.4, -0.2) is 15.0 Å². The second kappa shape index (κ2) is 13.9. The first-order valence-electron chi connectivity index (χ1n) is 22.3. The van der Waals surface area contributed by atoms with E-state index < -0.39 is 0 Å². The molecule has 0 saturated carbocycles. The fourth-order valence-electron chi connectivity index (χ4n) is 10.8. The van der Waals surface area contributed by atoms with Crippen LogP contribution in [0.3, 0.4) is 0 Å². The van der Waals surface area contributed by atoms with Crippen molar-refractivity contribution in [2.45, 2.75) is 0 Å². The highest BCUT2D eigenvalue weighted by Gasteiger charge is 2.23. The summed E-state index contributed by atoms with van der Waals surface area (Å²) in [5, 5.41) is 10.1. The topological polar surface area (TPSA) is 47.4 Å². The Morgan fingerprint density at radius 3 is 1.00 bits per heavy atom. The number of thiophene rings is 3. The summed E-state index contributed by atoms with van der Waals surface area (Å²) in [6.45, 7) is 0. The Morgan fingerprint density at radius 2 is 0.576 bits per heavy atom. The highest BCUT2D eigenvalue weighted by atomic mass is 32.1. The van der Waals surface area contributed by atoms with Gasteiger partial charge in [-0.05, 0) is 48.5 Å². The van der Waals surface area contributed by atoms with Crippen LogP contribution in [0.1, 0.15) is 0 Å². The summed E-state index contributed by atoms with van der Waals surface area (Å²) in [5.41, 5.74) is 16.5. The van der Waals surface area contributed by atoms with E-state index in [4.69, 9.17) is 0 Å². The molecule has 0 saturated heterocycles. The van der Waals surface area contributed by atoms with Crippen molar-refractivity contribution in [3.8, 4) is 86.8 Å². The molecule has 66 heavy (non-hydrogen) atoms. The number of benzene rings is 8. The lowest BCUT2D eigenvalue weighted by atomic mass is 9.99. The fourth-order valence-corrected chi connectivity index (χ4v) is 14.4. The van der Waals surface area contributed by atoms with Gasteiger partial charge in [-0.15, -0.1) is 34.0 Å². The van der Waals surface area contributed by atoms with Gasteiger partial charge in [0.2, 0.25) is 0 Å². The van der Waals surface area contributed by atoms with Crippen molar-refractivity contribution in [3.05, 3.63) is 194 Å². The number of nitrogens with one attached hydrogen (secondary N) is 3. The smallest absolute Gasteiger partial charge is 0.0545 e. The molecule has 8 aromatic carbocycles. The van der Waals surface area contributed by atoms with Crippen LogP contribution in [0.25, 0.3) is 150 Å². The molecule has 1 aliphatic heterocycles. The molecule has 15 rings (SSSR count). The second-order valence-electron chi connectivity index (χ2n) is 17.4. The zero-order valence-electron chi connectivity index (χ0n) is 35.2. The molecule has 0 amide bonds. The first-order chi connectivity index (χ1) is 32.7. The Bertz CT molecular complexity index is 4040. The van der Waals surface area contributed by atoms with Crippen LogP contribution in [0.15, 0.2) is 194 Å². The summed E-state index contributed by atoms with van der Waals surface area (Å²) in [6.07, 6.45) is 0. The monoisotopic (exact) mass is 893 g/mol. The predicted molar refractivity (Wildman–Crippen MR) is 285 cm³/mol. The molecule has 7 heterocycles. The summed E-state index contributed by atoms with van der Waals surface area (Å²) >= 11 is 5.65. The molecule has 6 aromatic heterocycles. The molecule has 1 aliphatic rings. The van der Waals surface area contributed by atoms with Crippen LogP contribution in [0.5, 0.6) is 0 Å². The van der Waals surface area contributed by atoms with Crippen molar-refractivity contribution in [2.24, 2.45) is 0 Å². The average Bonchev–Trinajstić information content (AvgIpc) is 4.24. The molecule has 0 radical (unpaired) electrons. The third-order valence-corrected chi connectivity index (χ3v) is 17.3. The number of hydrogen-bond donors (Lipinski definition) is 3. The van der Waals surface area contributed by atoms with Crippen LogP contribution in [0.2, 0.25) is 0 Å². The maximum absolute atomic E-state index is 4.00.